The normalized spacial score (nSPS) is 10.8. The van der Waals surface area contributed by atoms with Crippen molar-refractivity contribution in [3.63, 3.8) is 0 Å². The monoisotopic (exact) mass is 338 g/mol. The minimum absolute atomic E-state index is 0.349. The van der Waals surface area contributed by atoms with Gasteiger partial charge < -0.3 is 9.47 Å². The van der Waals surface area contributed by atoms with Crippen molar-refractivity contribution in [3.8, 4) is 5.75 Å². The molecule has 0 spiro atoms. The van der Waals surface area contributed by atoms with E-state index >= 15 is 0 Å². The molecular formula is C19H18N2O4. The molecule has 25 heavy (non-hydrogen) atoms. The highest BCUT2D eigenvalue weighted by atomic mass is 16.5. The number of hydrogen-bond acceptors (Lipinski definition) is 5. The van der Waals surface area contributed by atoms with Crippen molar-refractivity contribution in [2.75, 3.05) is 14.2 Å². The summed E-state index contributed by atoms with van der Waals surface area (Å²) in [5.74, 6) is 0.00290. The Bertz CT molecular complexity index is 778. The molecule has 1 N–H and O–H groups in total. The minimum atomic E-state index is -0.402. The highest BCUT2D eigenvalue weighted by Crippen LogP contribution is 2.12. The number of esters is 1. The van der Waals surface area contributed by atoms with Crippen LogP contribution in [0.15, 0.2) is 59.7 Å². The van der Waals surface area contributed by atoms with E-state index in [1.54, 1.807) is 37.5 Å². The van der Waals surface area contributed by atoms with Crippen LogP contribution in [0.25, 0.3) is 6.08 Å². The molecule has 6 heteroatoms. The summed E-state index contributed by atoms with van der Waals surface area (Å²) in [5, 5.41) is 3.86. The molecule has 1 amide bonds. The molecule has 2 aromatic carbocycles. The van der Waals surface area contributed by atoms with Crippen LogP contribution < -0.4 is 10.2 Å². The third-order valence-electron chi connectivity index (χ3n) is 3.26. The van der Waals surface area contributed by atoms with Gasteiger partial charge in [0.05, 0.1) is 26.0 Å². The van der Waals surface area contributed by atoms with Gasteiger partial charge in [0.15, 0.2) is 0 Å². The highest BCUT2D eigenvalue weighted by Gasteiger charge is 2.03. The zero-order chi connectivity index (χ0) is 18.1. The molecule has 0 aliphatic heterocycles. The van der Waals surface area contributed by atoms with Crippen molar-refractivity contribution in [1.29, 1.82) is 0 Å². The molecule has 2 rings (SSSR count). The van der Waals surface area contributed by atoms with Crippen LogP contribution in [-0.4, -0.2) is 32.3 Å². The summed E-state index contributed by atoms with van der Waals surface area (Å²) in [7, 11) is 2.92. The van der Waals surface area contributed by atoms with Crippen molar-refractivity contribution in [1.82, 2.24) is 5.43 Å². The molecule has 0 fully saturated rings. The lowest BCUT2D eigenvalue weighted by Gasteiger charge is -1.99. The van der Waals surface area contributed by atoms with Crippen molar-refractivity contribution >= 4 is 24.2 Å². The molecule has 6 nitrogen and oxygen atoms in total. The molecule has 0 saturated heterocycles. The zero-order valence-electron chi connectivity index (χ0n) is 13.9. The second kappa shape index (κ2) is 9.02. The molecule has 0 aromatic heterocycles. The summed E-state index contributed by atoms with van der Waals surface area (Å²) >= 11 is 0. The summed E-state index contributed by atoms with van der Waals surface area (Å²) in [6.45, 7) is 0. The second-order valence-electron chi connectivity index (χ2n) is 4.95. The maximum atomic E-state index is 11.7. The van der Waals surface area contributed by atoms with E-state index in [1.807, 2.05) is 24.3 Å². The number of nitrogens with one attached hydrogen (secondary N) is 1. The van der Waals surface area contributed by atoms with Gasteiger partial charge in [-0.15, -0.1) is 0 Å². The summed E-state index contributed by atoms with van der Waals surface area (Å²) in [6.07, 6.45) is 4.55. The quantitative estimate of drug-likeness (QED) is 0.380. The Morgan fingerprint density at radius 3 is 2.20 bits per heavy atom. The van der Waals surface area contributed by atoms with Gasteiger partial charge >= 0.3 is 5.97 Å². The van der Waals surface area contributed by atoms with E-state index in [9.17, 15) is 9.59 Å². The third kappa shape index (κ3) is 5.62. The summed E-state index contributed by atoms with van der Waals surface area (Å²) < 4.78 is 9.69. The minimum Gasteiger partial charge on any atom is -0.497 e. The van der Waals surface area contributed by atoms with E-state index in [-0.39, 0.29) is 5.91 Å². The van der Waals surface area contributed by atoms with Crippen LogP contribution in [0.2, 0.25) is 0 Å². The molecule has 0 unspecified atom stereocenters. The lowest BCUT2D eigenvalue weighted by Crippen LogP contribution is -2.14. The molecule has 0 heterocycles. The number of ether oxygens (including phenoxy) is 2. The molecule has 0 bridgehead atoms. The molecule has 0 radical (unpaired) electrons. The molecule has 2 aromatic rings. The van der Waals surface area contributed by atoms with Crippen molar-refractivity contribution in [2.24, 2.45) is 5.10 Å². The number of nitrogens with zero attached hydrogens (tertiary/aromatic N) is 1. The van der Waals surface area contributed by atoms with Gasteiger partial charge in [-0.1, -0.05) is 24.3 Å². The average molecular weight is 338 g/mol. The number of hydrogen-bond donors (Lipinski definition) is 1. The van der Waals surface area contributed by atoms with Crippen LogP contribution in [0.4, 0.5) is 0 Å². The van der Waals surface area contributed by atoms with Crippen LogP contribution in [-0.2, 0) is 9.53 Å². The number of benzene rings is 2. The van der Waals surface area contributed by atoms with Gasteiger partial charge in [0.25, 0.3) is 5.91 Å². The Balaban J connectivity index is 1.87. The highest BCUT2D eigenvalue weighted by molar-refractivity contribution is 5.93. The first-order valence-corrected chi connectivity index (χ1v) is 7.46. The SMILES string of the molecule is COC(=O)c1ccc(/C=N\NC(=O)/C=C/c2ccc(OC)cc2)cc1. The van der Waals surface area contributed by atoms with Gasteiger partial charge in [0.1, 0.15) is 5.75 Å². The van der Waals surface area contributed by atoms with E-state index in [4.69, 9.17) is 4.74 Å². The molecule has 0 aliphatic carbocycles. The van der Waals surface area contributed by atoms with Gasteiger partial charge in [0.2, 0.25) is 0 Å². The largest absolute Gasteiger partial charge is 0.497 e. The smallest absolute Gasteiger partial charge is 0.337 e. The van der Waals surface area contributed by atoms with Crippen LogP contribution in [0.3, 0.4) is 0 Å². The molecule has 0 atom stereocenters. The number of carbonyl (C=O) groups is 2. The number of amides is 1. The Morgan fingerprint density at radius 1 is 0.960 bits per heavy atom. The van der Waals surface area contributed by atoms with E-state index in [1.165, 1.54) is 19.4 Å². The third-order valence-corrected chi connectivity index (χ3v) is 3.26. The standard InChI is InChI=1S/C19H18N2O4/c1-24-17-10-5-14(6-11-17)7-12-18(22)21-20-13-15-3-8-16(9-4-15)19(23)25-2/h3-13H,1-2H3,(H,21,22)/b12-7+,20-13-. The molecule has 0 aliphatic rings. The number of methoxy groups -OCH3 is 2. The lowest BCUT2D eigenvalue weighted by atomic mass is 10.1. The van der Waals surface area contributed by atoms with Crippen molar-refractivity contribution in [3.05, 3.63) is 71.3 Å². The molecule has 128 valence electrons. The fourth-order valence-electron chi connectivity index (χ4n) is 1.92. The first-order chi connectivity index (χ1) is 12.1. The van der Waals surface area contributed by atoms with E-state index in [0.29, 0.717) is 5.56 Å². The number of rotatable bonds is 6. The van der Waals surface area contributed by atoms with E-state index in [0.717, 1.165) is 16.9 Å². The average Bonchev–Trinajstić information content (AvgIpc) is 2.66. The Morgan fingerprint density at radius 2 is 1.60 bits per heavy atom. The summed E-state index contributed by atoms with van der Waals surface area (Å²) in [6, 6.07) is 14.0. The van der Waals surface area contributed by atoms with E-state index < -0.39 is 5.97 Å². The fraction of sp³-hybridized carbons (Fsp3) is 0.105. The first kappa shape index (κ1) is 17.9. The maximum absolute atomic E-state index is 11.7. The predicted molar refractivity (Wildman–Crippen MR) is 95.5 cm³/mol. The van der Waals surface area contributed by atoms with Crippen molar-refractivity contribution in [2.45, 2.75) is 0 Å². The van der Waals surface area contributed by atoms with Crippen molar-refractivity contribution < 1.29 is 19.1 Å². The zero-order valence-corrected chi connectivity index (χ0v) is 13.9. The van der Waals surface area contributed by atoms with Gasteiger partial charge in [-0.05, 0) is 41.5 Å². The second-order valence-corrected chi connectivity index (χ2v) is 4.95. The fourth-order valence-corrected chi connectivity index (χ4v) is 1.92. The molecular weight excluding hydrogens is 320 g/mol. The van der Waals surface area contributed by atoms with E-state index in [2.05, 4.69) is 15.3 Å². The summed E-state index contributed by atoms with van der Waals surface area (Å²) in [5.41, 5.74) is 4.47. The predicted octanol–water partition coefficient (Wildman–Crippen LogP) is 2.65. The lowest BCUT2D eigenvalue weighted by molar-refractivity contribution is -0.116. The first-order valence-electron chi connectivity index (χ1n) is 7.46. The van der Waals surface area contributed by atoms with Crippen LogP contribution in [0.1, 0.15) is 21.5 Å². The van der Waals surface area contributed by atoms with Crippen LogP contribution in [0.5, 0.6) is 5.75 Å². The van der Waals surface area contributed by atoms with Gasteiger partial charge in [-0.3, -0.25) is 4.79 Å². The Hall–Kier alpha value is -3.41. The maximum Gasteiger partial charge on any atom is 0.337 e. The topological polar surface area (TPSA) is 77.0 Å². The van der Waals surface area contributed by atoms with Gasteiger partial charge in [-0.25, -0.2) is 10.2 Å². The Kier molecular flexibility index (Phi) is 6.47. The molecule has 0 saturated carbocycles. The Labute approximate surface area is 145 Å². The van der Waals surface area contributed by atoms with Crippen LogP contribution in [0, 0.1) is 0 Å². The van der Waals surface area contributed by atoms with Crippen LogP contribution >= 0.6 is 0 Å². The number of hydrazone groups is 1. The van der Waals surface area contributed by atoms with Gasteiger partial charge in [-0.2, -0.15) is 5.10 Å². The number of carbonyl (C=O) groups excluding carboxylic acids is 2. The summed E-state index contributed by atoms with van der Waals surface area (Å²) in [4.78, 5) is 23.0. The van der Waals surface area contributed by atoms with Gasteiger partial charge in [0, 0.05) is 6.08 Å².